The number of rotatable bonds is 8. The van der Waals surface area contributed by atoms with E-state index < -0.39 is 6.09 Å². The van der Waals surface area contributed by atoms with E-state index in [0.717, 1.165) is 6.42 Å². The Kier molecular flexibility index (Phi) is 7.09. The largest absolute Gasteiger partial charge is 0.448 e. The maximum absolute atomic E-state index is 13.7. The minimum Gasteiger partial charge on any atom is -0.448 e. The molecule has 3 aromatic carbocycles. The van der Waals surface area contributed by atoms with Gasteiger partial charge in [0.05, 0.1) is 0 Å². The van der Waals surface area contributed by atoms with Gasteiger partial charge in [0.1, 0.15) is 12.4 Å². The second kappa shape index (κ2) is 10.2. The monoisotopic (exact) mass is 446 g/mol. The van der Waals surface area contributed by atoms with Crippen molar-refractivity contribution in [2.24, 2.45) is 11.7 Å². The maximum Gasteiger partial charge on any atom is 0.410 e. The number of ether oxygens (including phenoxy) is 1. The van der Waals surface area contributed by atoms with Gasteiger partial charge in [0.25, 0.3) is 0 Å². The molecule has 0 spiro atoms. The molecule has 2 atom stereocenters. The first kappa shape index (κ1) is 23.0. The number of carbonyl (C=O) groups is 1. The molecule has 0 radical (unpaired) electrons. The number of halogens is 1. The van der Waals surface area contributed by atoms with E-state index in [1.54, 1.807) is 11.0 Å². The predicted molar refractivity (Wildman–Crippen MR) is 129 cm³/mol. The van der Waals surface area contributed by atoms with Gasteiger partial charge in [0, 0.05) is 25.0 Å². The van der Waals surface area contributed by atoms with Gasteiger partial charge in [0.2, 0.25) is 0 Å². The highest BCUT2D eigenvalue weighted by Gasteiger charge is 2.30. The lowest BCUT2D eigenvalue weighted by molar-refractivity contribution is 0.0923. The zero-order valence-corrected chi connectivity index (χ0v) is 19.2. The van der Waals surface area contributed by atoms with Crippen LogP contribution in [0.5, 0.6) is 0 Å². The lowest BCUT2D eigenvalue weighted by Gasteiger charge is -2.28. The molecule has 0 heterocycles. The molecule has 0 bridgehead atoms. The lowest BCUT2D eigenvalue weighted by Crippen LogP contribution is -2.44. The SMILES string of the molecule is CC[C@H](C)[C@H](N)CN(Cc1cccc(F)c1)C(=O)OCC1c2ccccc2-c2ccccc21. The van der Waals surface area contributed by atoms with E-state index in [1.165, 1.54) is 34.4 Å². The Bertz CT molecular complexity index is 1070. The minimum absolute atomic E-state index is 0.0133. The summed E-state index contributed by atoms with van der Waals surface area (Å²) < 4.78 is 19.6. The fourth-order valence-corrected chi connectivity index (χ4v) is 4.48. The summed E-state index contributed by atoms with van der Waals surface area (Å²) in [5.41, 5.74) is 11.8. The smallest absolute Gasteiger partial charge is 0.410 e. The third kappa shape index (κ3) is 5.09. The predicted octanol–water partition coefficient (Wildman–Crippen LogP) is 5.95. The summed E-state index contributed by atoms with van der Waals surface area (Å²) in [5, 5.41) is 0. The number of benzene rings is 3. The van der Waals surface area contributed by atoms with E-state index in [0.29, 0.717) is 12.1 Å². The van der Waals surface area contributed by atoms with Crippen molar-refractivity contribution in [1.82, 2.24) is 4.90 Å². The molecular formula is C28H31FN2O2. The zero-order valence-electron chi connectivity index (χ0n) is 19.2. The van der Waals surface area contributed by atoms with E-state index in [9.17, 15) is 9.18 Å². The Morgan fingerprint density at radius 3 is 2.27 bits per heavy atom. The molecule has 0 aliphatic heterocycles. The van der Waals surface area contributed by atoms with Crippen LogP contribution in [0.4, 0.5) is 9.18 Å². The summed E-state index contributed by atoms with van der Waals surface area (Å²) >= 11 is 0. The van der Waals surface area contributed by atoms with Crippen molar-refractivity contribution in [3.63, 3.8) is 0 Å². The van der Waals surface area contributed by atoms with Crippen LogP contribution in [0.2, 0.25) is 0 Å². The topological polar surface area (TPSA) is 55.6 Å². The number of nitrogens with two attached hydrogens (primary N) is 1. The highest BCUT2D eigenvalue weighted by Crippen LogP contribution is 2.44. The van der Waals surface area contributed by atoms with Crippen molar-refractivity contribution in [1.29, 1.82) is 0 Å². The Balaban J connectivity index is 1.52. The van der Waals surface area contributed by atoms with E-state index in [2.05, 4.69) is 38.1 Å². The van der Waals surface area contributed by atoms with Crippen molar-refractivity contribution in [3.05, 3.63) is 95.3 Å². The second-order valence-corrected chi connectivity index (χ2v) is 8.86. The van der Waals surface area contributed by atoms with Crippen molar-refractivity contribution < 1.29 is 13.9 Å². The standard InChI is InChI=1S/C28H31FN2O2/c1-3-19(2)27(30)17-31(16-20-9-8-10-21(29)15-20)28(32)33-18-26-24-13-6-4-11-22(24)23-12-5-7-14-25(23)26/h4-15,19,26-27H,3,16-18,30H2,1-2H3/t19-,27+/m0/s1. The molecule has 4 nitrogen and oxygen atoms in total. The molecule has 2 N–H and O–H groups in total. The van der Waals surface area contributed by atoms with E-state index >= 15 is 0 Å². The van der Waals surface area contributed by atoms with Crippen LogP contribution in [-0.4, -0.2) is 30.2 Å². The zero-order chi connectivity index (χ0) is 23.4. The number of hydrogen-bond donors (Lipinski definition) is 1. The van der Waals surface area contributed by atoms with Crippen LogP contribution in [0.3, 0.4) is 0 Å². The van der Waals surface area contributed by atoms with Gasteiger partial charge >= 0.3 is 6.09 Å². The van der Waals surface area contributed by atoms with Gasteiger partial charge < -0.3 is 15.4 Å². The molecule has 0 aromatic heterocycles. The van der Waals surface area contributed by atoms with Gasteiger partial charge in [-0.15, -0.1) is 0 Å². The molecule has 5 heteroatoms. The van der Waals surface area contributed by atoms with E-state index in [1.807, 2.05) is 30.3 Å². The molecule has 1 aliphatic rings. The van der Waals surface area contributed by atoms with Crippen LogP contribution >= 0.6 is 0 Å². The quantitative estimate of drug-likeness (QED) is 0.465. The molecule has 3 aromatic rings. The first-order valence-electron chi connectivity index (χ1n) is 11.6. The molecule has 0 saturated heterocycles. The number of nitrogens with zero attached hydrogens (tertiary/aromatic N) is 1. The van der Waals surface area contributed by atoms with E-state index in [-0.39, 0.29) is 36.8 Å². The summed E-state index contributed by atoms with van der Waals surface area (Å²) in [6.07, 6.45) is 0.486. The number of carbonyl (C=O) groups excluding carboxylic acids is 1. The average Bonchev–Trinajstić information content (AvgIpc) is 3.15. The highest BCUT2D eigenvalue weighted by molar-refractivity contribution is 5.79. The summed E-state index contributed by atoms with van der Waals surface area (Å²) in [6.45, 7) is 4.99. The van der Waals surface area contributed by atoms with Crippen molar-refractivity contribution in [2.45, 2.75) is 38.8 Å². The van der Waals surface area contributed by atoms with Crippen LogP contribution in [0, 0.1) is 11.7 Å². The average molecular weight is 447 g/mol. The molecule has 172 valence electrons. The normalized spacial score (nSPS) is 14.3. The molecule has 33 heavy (non-hydrogen) atoms. The first-order chi connectivity index (χ1) is 16.0. The van der Waals surface area contributed by atoms with E-state index in [4.69, 9.17) is 10.5 Å². The summed E-state index contributed by atoms with van der Waals surface area (Å²) in [4.78, 5) is 14.8. The van der Waals surface area contributed by atoms with Crippen LogP contribution in [0.15, 0.2) is 72.8 Å². The Labute approximate surface area is 195 Å². The minimum atomic E-state index is -0.431. The third-order valence-corrected chi connectivity index (χ3v) is 6.66. The van der Waals surface area contributed by atoms with Gasteiger partial charge in [-0.25, -0.2) is 9.18 Å². The van der Waals surface area contributed by atoms with Crippen molar-refractivity contribution in [2.75, 3.05) is 13.2 Å². The van der Waals surface area contributed by atoms with Crippen LogP contribution in [0.25, 0.3) is 11.1 Å². The molecule has 0 saturated carbocycles. The van der Waals surface area contributed by atoms with Crippen LogP contribution in [-0.2, 0) is 11.3 Å². The fourth-order valence-electron chi connectivity index (χ4n) is 4.48. The van der Waals surface area contributed by atoms with Gasteiger partial charge in [-0.1, -0.05) is 80.9 Å². The summed E-state index contributed by atoms with van der Waals surface area (Å²) in [5.74, 6) is -0.0896. The molecule has 1 aliphatic carbocycles. The number of fused-ring (bicyclic) bond motifs is 3. The molecule has 1 amide bonds. The second-order valence-electron chi connectivity index (χ2n) is 8.86. The van der Waals surface area contributed by atoms with Crippen LogP contribution in [0.1, 0.15) is 42.9 Å². The first-order valence-corrected chi connectivity index (χ1v) is 11.6. The molecule has 0 unspecified atom stereocenters. The maximum atomic E-state index is 13.7. The van der Waals surface area contributed by atoms with Gasteiger partial charge in [-0.05, 0) is 45.9 Å². The van der Waals surface area contributed by atoms with Gasteiger partial charge in [-0.3, -0.25) is 0 Å². The Hall–Kier alpha value is -3.18. The van der Waals surface area contributed by atoms with Crippen molar-refractivity contribution in [3.8, 4) is 11.1 Å². The van der Waals surface area contributed by atoms with Gasteiger partial charge in [0.15, 0.2) is 0 Å². The lowest BCUT2D eigenvalue weighted by atomic mass is 9.98. The van der Waals surface area contributed by atoms with Crippen LogP contribution < -0.4 is 5.73 Å². The highest BCUT2D eigenvalue weighted by atomic mass is 19.1. The van der Waals surface area contributed by atoms with Gasteiger partial charge in [-0.2, -0.15) is 0 Å². The van der Waals surface area contributed by atoms with Crippen molar-refractivity contribution >= 4 is 6.09 Å². The summed E-state index contributed by atoms with van der Waals surface area (Å²) in [6, 6.07) is 22.6. The molecule has 4 rings (SSSR count). The third-order valence-electron chi connectivity index (χ3n) is 6.66. The number of amides is 1. The molecular weight excluding hydrogens is 415 g/mol. The fraction of sp³-hybridized carbons (Fsp3) is 0.321. The Morgan fingerprint density at radius 2 is 1.67 bits per heavy atom. The molecule has 0 fully saturated rings. The Morgan fingerprint density at radius 1 is 1.03 bits per heavy atom. The summed E-state index contributed by atoms with van der Waals surface area (Å²) in [7, 11) is 0. The number of hydrogen-bond acceptors (Lipinski definition) is 3.